The average molecular weight is 288 g/mol. The Morgan fingerprint density at radius 3 is 2.86 bits per heavy atom. The van der Waals surface area contributed by atoms with Crippen LogP contribution in [-0.2, 0) is 24.2 Å². The number of hydrogen-bond donors (Lipinski definition) is 2. The lowest BCUT2D eigenvalue weighted by molar-refractivity contribution is -0.119. The SMILES string of the molecule is CC(=O)NC1CCN(c2nc3c(cc2CN)CCC3)CC1. The number of piperidine rings is 1. The average Bonchev–Trinajstić information content (AvgIpc) is 2.93. The molecular weight excluding hydrogens is 264 g/mol. The van der Waals surface area contributed by atoms with Gasteiger partial charge in [-0.3, -0.25) is 4.79 Å². The lowest BCUT2D eigenvalue weighted by Crippen LogP contribution is -2.44. The number of carbonyl (C=O) groups is 1. The second kappa shape index (κ2) is 6.02. The summed E-state index contributed by atoms with van der Waals surface area (Å²) in [5.74, 6) is 1.13. The molecule has 5 nitrogen and oxygen atoms in total. The molecule has 1 fully saturated rings. The summed E-state index contributed by atoms with van der Waals surface area (Å²) in [5.41, 5.74) is 9.72. The van der Waals surface area contributed by atoms with Crippen LogP contribution in [0.2, 0.25) is 0 Å². The van der Waals surface area contributed by atoms with Crippen LogP contribution in [-0.4, -0.2) is 30.0 Å². The molecule has 0 unspecified atom stereocenters. The molecule has 0 saturated carbocycles. The van der Waals surface area contributed by atoms with Crippen LogP contribution in [0.15, 0.2) is 6.07 Å². The van der Waals surface area contributed by atoms with E-state index in [4.69, 9.17) is 10.7 Å². The van der Waals surface area contributed by atoms with E-state index in [-0.39, 0.29) is 5.91 Å². The number of hydrogen-bond acceptors (Lipinski definition) is 4. The first-order chi connectivity index (χ1) is 10.2. The Morgan fingerprint density at radius 1 is 1.43 bits per heavy atom. The zero-order chi connectivity index (χ0) is 14.8. The highest BCUT2D eigenvalue weighted by molar-refractivity contribution is 5.73. The molecule has 21 heavy (non-hydrogen) atoms. The molecule has 0 bridgehead atoms. The molecule has 1 aliphatic heterocycles. The number of nitrogens with two attached hydrogens (primary N) is 1. The van der Waals surface area contributed by atoms with Crippen LogP contribution in [0.25, 0.3) is 0 Å². The molecule has 3 rings (SSSR count). The second-order valence-electron chi connectivity index (χ2n) is 6.10. The summed E-state index contributed by atoms with van der Waals surface area (Å²) in [4.78, 5) is 18.4. The van der Waals surface area contributed by atoms with Crippen molar-refractivity contribution in [1.82, 2.24) is 10.3 Å². The summed E-state index contributed by atoms with van der Waals surface area (Å²) < 4.78 is 0. The molecule has 1 aromatic heterocycles. The minimum atomic E-state index is 0.0618. The number of aryl methyl sites for hydroxylation is 2. The minimum Gasteiger partial charge on any atom is -0.356 e. The number of pyridine rings is 1. The van der Waals surface area contributed by atoms with Crippen LogP contribution in [0.1, 0.15) is 43.0 Å². The van der Waals surface area contributed by atoms with E-state index < -0.39 is 0 Å². The summed E-state index contributed by atoms with van der Waals surface area (Å²) in [5, 5.41) is 3.01. The molecular formula is C16H24N4O. The van der Waals surface area contributed by atoms with Gasteiger partial charge in [0.1, 0.15) is 5.82 Å². The first kappa shape index (κ1) is 14.3. The molecule has 1 aliphatic carbocycles. The number of anilines is 1. The first-order valence-corrected chi connectivity index (χ1v) is 7.91. The van der Waals surface area contributed by atoms with Gasteiger partial charge in [0.25, 0.3) is 0 Å². The molecule has 3 N–H and O–H groups in total. The number of amides is 1. The van der Waals surface area contributed by atoms with Crippen molar-refractivity contribution in [2.24, 2.45) is 5.73 Å². The molecule has 5 heteroatoms. The van der Waals surface area contributed by atoms with E-state index in [1.165, 1.54) is 17.7 Å². The fraction of sp³-hybridized carbons (Fsp3) is 0.625. The third kappa shape index (κ3) is 3.02. The fourth-order valence-corrected chi connectivity index (χ4v) is 3.46. The number of aromatic nitrogens is 1. The van der Waals surface area contributed by atoms with Crippen LogP contribution in [0.4, 0.5) is 5.82 Å². The van der Waals surface area contributed by atoms with Crippen LogP contribution in [0.3, 0.4) is 0 Å². The molecule has 0 atom stereocenters. The molecule has 1 saturated heterocycles. The predicted octanol–water partition coefficient (Wildman–Crippen LogP) is 1.13. The third-order valence-electron chi connectivity index (χ3n) is 4.53. The van der Waals surface area contributed by atoms with E-state index in [1.807, 2.05) is 0 Å². The normalized spacial score (nSPS) is 18.7. The van der Waals surface area contributed by atoms with E-state index in [9.17, 15) is 4.79 Å². The number of nitrogens with one attached hydrogen (secondary N) is 1. The second-order valence-corrected chi connectivity index (χ2v) is 6.10. The molecule has 2 aliphatic rings. The Labute approximate surface area is 125 Å². The Morgan fingerprint density at radius 2 is 2.19 bits per heavy atom. The Kier molecular flexibility index (Phi) is 4.10. The van der Waals surface area contributed by atoms with E-state index in [0.29, 0.717) is 12.6 Å². The van der Waals surface area contributed by atoms with Gasteiger partial charge in [0.2, 0.25) is 5.91 Å². The molecule has 1 amide bonds. The van der Waals surface area contributed by atoms with Gasteiger partial charge >= 0.3 is 0 Å². The monoisotopic (exact) mass is 288 g/mol. The first-order valence-electron chi connectivity index (χ1n) is 7.91. The van der Waals surface area contributed by atoms with Gasteiger partial charge < -0.3 is 16.0 Å². The van der Waals surface area contributed by atoms with Crippen LogP contribution >= 0.6 is 0 Å². The van der Waals surface area contributed by atoms with Crippen molar-refractivity contribution in [3.8, 4) is 0 Å². The van der Waals surface area contributed by atoms with Crippen LogP contribution < -0.4 is 16.0 Å². The molecule has 0 spiro atoms. The van der Waals surface area contributed by atoms with Crippen molar-refractivity contribution in [2.45, 2.75) is 51.6 Å². The minimum absolute atomic E-state index is 0.0618. The van der Waals surface area contributed by atoms with Gasteiger partial charge in [0.15, 0.2) is 0 Å². The van der Waals surface area contributed by atoms with Crippen molar-refractivity contribution >= 4 is 11.7 Å². The maximum absolute atomic E-state index is 11.1. The number of carbonyl (C=O) groups excluding carboxylic acids is 1. The highest BCUT2D eigenvalue weighted by atomic mass is 16.1. The van der Waals surface area contributed by atoms with Gasteiger partial charge in [-0.05, 0) is 43.7 Å². The lowest BCUT2D eigenvalue weighted by atomic mass is 10.0. The van der Waals surface area contributed by atoms with Gasteiger partial charge in [-0.15, -0.1) is 0 Å². The Hall–Kier alpha value is -1.62. The van der Waals surface area contributed by atoms with Crippen LogP contribution in [0, 0.1) is 0 Å². The van der Waals surface area contributed by atoms with E-state index in [2.05, 4.69) is 16.3 Å². The standard InChI is InChI=1S/C16H24N4O/c1-11(21)18-14-5-7-20(8-6-14)16-13(10-17)9-12-3-2-4-15(12)19-16/h9,14H,2-8,10,17H2,1H3,(H,18,21). The van der Waals surface area contributed by atoms with Crippen molar-refractivity contribution in [2.75, 3.05) is 18.0 Å². The molecule has 0 radical (unpaired) electrons. The van der Waals surface area contributed by atoms with Crippen molar-refractivity contribution in [3.63, 3.8) is 0 Å². The zero-order valence-corrected chi connectivity index (χ0v) is 12.7. The maximum Gasteiger partial charge on any atom is 0.217 e. The largest absolute Gasteiger partial charge is 0.356 e. The predicted molar refractivity (Wildman–Crippen MR) is 83.2 cm³/mol. The molecule has 2 heterocycles. The van der Waals surface area contributed by atoms with Gasteiger partial charge in [0, 0.05) is 43.9 Å². The van der Waals surface area contributed by atoms with E-state index in [1.54, 1.807) is 6.92 Å². The number of fused-ring (bicyclic) bond motifs is 1. The number of rotatable bonds is 3. The van der Waals surface area contributed by atoms with Gasteiger partial charge in [-0.1, -0.05) is 0 Å². The number of nitrogens with zero attached hydrogens (tertiary/aromatic N) is 2. The molecule has 0 aromatic carbocycles. The highest BCUT2D eigenvalue weighted by Crippen LogP contribution is 2.28. The Balaban J connectivity index is 1.74. The van der Waals surface area contributed by atoms with Crippen molar-refractivity contribution in [3.05, 3.63) is 22.9 Å². The summed E-state index contributed by atoms with van der Waals surface area (Å²) in [6.45, 7) is 4.00. The van der Waals surface area contributed by atoms with E-state index >= 15 is 0 Å². The Bertz CT molecular complexity index is 535. The topological polar surface area (TPSA) is 71.2 Å². The maximum atomic E-state index is 11.1. The van der Waals surface area contributed by atoms with Gasteiger partial charge in [0.05, 0.1) is 0 Å². The smallest absolute Gasteiger partial charge is 0.217 e. The zero-order valence-electron chi connectivity index (χ0n) is 12.7. The molecule has 114 valence electrons. The lowest BCUT2D eigenvalue weighted by Gasteiger charge is -2.34. The summed E-state index contributed by atoms with van der Waals surface area (Å²) in [6.07, 6.45) is 5.39. The van der Waals surface area contributed by atoms with Gasteiger partial charge in [-0.2, -0.15) is 0 Å². The van der Waals surface area contributed by atoms with Crippen molar-refractivity contribution < 1.29 is 4.79 Å². The van der Waals surface area contributed by atoms with Crippen molar-refractivity contribution in [1.29, 1.82) is 0 Å². The summed E-state index contributed by atoms with van der Waals surface area (Å²) in [6, 6.07) is 2.56. The summed E-state index contributed by atoms with van der Waals surface area (Å²) >= 11 is 0. The quantitative estimate of drug-likeness (QED) is 0.875. The molecule has 1 aromatic rings. The summed E-state index contributed by atoms with van der Waals surface area (Å²) in [7, 11) is 0. The van der Waals surface area contributed by atoms with E-state index in [0.717, 1.165) is 50.2 Å². The van der Waals surface area contributed by atoms with Crippen LogP contribution in [0.5, 0.6) is 0 Å². The third-order valence-corrected chi connectivity index (χ3v) is 4.53. The highest BCUT2D eigenvalue weighted by Gasteiger charge is 2.24. The van der Waals surface area contributed by atoms with Gasteiger partial charge in [-0.25, -0.2) is 4.98 Å². The fourth-order valence-electron chi connectivity index (χ4n) is 3.46.